The van der Waals surface area contributed by atoms with Crippen molar-refractivity contribution in [1.82, 2.24) is 4.90 Å². The van der Waals surface area contributed by atoms with Crippen LogP contribution in [0.25, 0.3) is 0 Å². The van der Waals surface area contributed by atoms with E-state index in [0.717, 1.165) is 32.1 Å². The van der Waals surface area contributed by atoms with Gasteiger partial charge in [0.2, 0.25) is 5.91 Å². The number of hydrogen-bond acceptors (Lipinski definition) is 7. The first kappa shape index (κ1) is 22.3. The fraction of sp³-hybridized carbons (Fsp3) is 0.941. The Kier molecular flexibility index (Phi) is 11.2. The highest BCUT2D eigenvalue weighted by Gasteiger charge is 2.34. The molecule has 0 aromatic carbocycles. The van der Waals surface area contributed by atoms with E-state index in [9.17, 15) is 20.1 Å². The lowest BCUT2D eigenvalue weighted by Crippen LogP contribution is -2.52. The topological polar surface area (TPSA) is 136 Å². The van der Waals surface area contributed by atoms with Crippen LogP contribution in [0.3, 0.4) is 0 Å². The van der Waals surface area contributed by atoms with E-state index in [2.05, 4.69) is 0 Å². The summed E-state index contributed by atoms with van der Waals surface area (Å²) in [5.74, 6) is -0.0723. The summed E-state index contributed by atoms with van der Waals surface area (Å²) in [4.78, 5) is 13.9. The molecule has 1 rings (SSSR count). The molecule has 0 aliphatic carbocycles. The van der Waals surface area contributed by atoms with E-state index in [1.807, 2.05) is 0 Å². The van der Waals surface area contributed by atoms with Crippen molar-refractivity contribution >= 4 is 5.91 Å². The van der Waals surface area contributed by atoms with E-state index in [1.165, 1.54) is 0 Å². The molecule has 8 heteroatoms. The summed E-state index contributed by atoms with van der Waals surface area (Å²) in [7, 11) is 0. The van der Waals surface area contributed by atoms with E-state index < -0.39 is 31.0 Å². The fourth-order valence-electron chi connectivity index (χ4n) is 2.97. The highest BCUT2D eigenvalue weighted by molar-refractivity contribution is 5.76. The van der Waals surface area contributed by atoms with Crippen molar-refractivity contribution in [3.8, 4) is 0 Å². The predicted octanol–water partition coefficient (Wildman–Crippen LogP) is -1.02. The molecule has 4 atom stereocenters. The van der Waals surface area contributed by atoms with Gasteiger partial charge < -0.3 is 35.8 Å². The molecule has 148 valence electrons. The number of aliphatic hydroxyl groups excluding tert-OH is 4. The van der Waals surface area contributed by atoms with Gasteiger partial charge in [-0.3, -0.25) is 4.79 Å². The Balaban J connectivity index is 2.76. The molecular weight excluding hydrogens is 328 g/mol. The number of β-amino-alcohol motifs (C(OH)–C–C–N with tert-alkyl or cyclic N) is 1. The first-order chi connectivity index (χ1) is 12.0. The number of aliphatic hydroxyl groups is 4. The fourth-order valence-corrected chi connectivity index (χ4v) is 2.97. The van der Waals surface area contributed by atoms with Crippen molar-refractivity contribution in [2.45, 2.75) is 69.4 Å². The maximum absolute atomic E-state index is 12.4. The second kappa shape index (κ2) is 12.6. The van der Waals surface area contributed by atoms with Gasteiger partial charge in [0.15, 0.2) is 0 Å². The zero-order valence-electron chi connectivity index (χ0n) is 14.9. The largest absolute Gasteiger partial charge is 0.394 e. The van der Waals surface area contributed by atoms with Gasteiger partial charge in [0.25, 0.3) is 0 Å². The number of hydrogen-bond donors (Lipinski definition) is 5. The van der Waals surface area contributed by atoms with Crippen LogP contribution in [0.2, 0.25) is 0 Å². The molecule has 1 saturated heterocycles. The van der Waals surface area contributed by atoms with Crippen LogP contribution in [0.1, 0.15) is 44.9 Å². The average Bonchev–Trinajstić information content (AvgIpc) is 2.60. The van der Waals surface area contributed by atoms with Crippen LogP contribution in [-0.4, -0.2) is 88.5 Å². The first-order valence-electron chi connectivity index (χ1n) is 9.25. The summed E-state index contributed by atoms with van der Waals surface area (Å²) in [6, 6.07) is 0. The molecule has 6 N–H and O–H groups in total. The maximum atomic E-state index is 12.4. The standard InChI is InChI=1S/C17H34N2O6/c18-8-4-3-7-15(23)19-9-5-1-2-6-10-25-17(14(22)12-20)16(24)13(21)11-19/h13-14,16-17,20-22,24H,1-12,18H2/t13-,14+,16+,17+/m0/s1. The van der Waals surface area contributed by atoms with Gasteiger partial charge in [0.1, 0.15) is 24.4 Å². The van der Waals surface area contributed by atoms with E-state index in [0.29, 0.717) is 32.5 Å². The average molecular weight is 362 g/mol. The normalized spacial score (nSPS) is 28.0. The van der Waals surface area contributed by atoms with Crippen molar-refractivity contribution in [3.05, 3.63) is 0 Å². The molecule has 0 aromatic heterocycles. The highest BCUT2D eigenvalue weighted by atomic mass is 16.5. The van der Waals surface area contributed by atoms with Gasteiger partial charge in [0.05, 0.1) is 6.61 Å². The Labute approximate surface area is 149 Å². The van der Waals surface area contributed by atoms with Crippen molar-refractivity contribution in [2.24, 2.45) is 5.73 Å². The molecule has 8 nitrogen and oxygen atoms in total. The minimum absolute atomic E-state index is 0.0271. The lowest BCUT2D eigenvalue weighted by Gasteiger charge is -2.33. The highest BCUT2D eigenvalue weighted by Crippen LogP contribution is 2.15. The third kappa shape index (κ3) is 7.98. The van der Waals surface area contributed by atoms with Crippen LogP contribution in [0.5, 0.6) is 0 Å². The molecule has 0 bridgehead atoms. The van der Waals surface area contributed by atoms with Crippen LogP contribution >= 0.6 is 0 Å². The Morgan fingerprint density at radius 2 is 1.92 bits per heavy atom. The van der Waals surface area contributed by atoms with E-state index in [-0.39, 0.29) is 12.5 Å². The summed E-state index contributed by atoms with van der Waals surface area (Å²) in [6.07, 6.45) is 0.218. The number of ether oxygens (including phenoxy) is 1. The van der Waals surface area contributed by atoms with Crippen molar-refractivity contribution < 1.29 is 30.0 Å². The Hall–Kier alpha value is -0.770. The molecule has 1 amide bonds. The minimum Gasteiger partial charge on any atom is -0.394 e. The Morgan fingerprint density at radius 3 is 2.60 bits per heavy atom. The molecule has 0 unspecified atom stereocenters. The molecule has 25 heavy (non-hydrogen) atoms. The molecule has 1 aliphatic rings. The van der Waals surface area contributed by atoms with E-state index in [1.54, 1.807) is 4.90 Å². The molecule has 0 spiro atoms. The monoisotopic (exact) mass is 362 g/mol. The van der Waals surface area contributed by atoms with E-state index >= 15 is 0 Å². The van der Waals surface area contributed by atoms with E-state index in [4.69, 9.17) is 15.6 Å². The third-order valence-corrected chi connectivity index (χ3v) is 4.53. The van der Waals surface area contributed by atoms with Crippen LogP contribution in [0.4, 0.5) is 0 Å². The third-order valence-electron chi connectivity index (χ3n) is 4.53. The smallest absolute Gasteiger partial charge is 0.222 e. The molecule has 1 heterocycles. The first-order valence-corrected chi connectivity index (χ1v) is 9.25. The molecular formula is C17H34N2O6. The second-order valence-electron chi connectivity index (χ2n) is 6.64. The van der Waals surface area contributed by atoms with Gasteiger partial charge in [-0.25, -0.2) is 0 Å². The number of carbonyl (C=O) groups excluding carboxylic acids is 1. The van der Waals surface area contributed by atoms with Gasteiger partial charge in [-0.1, -0.05) is 12.8 Å². The van der Waals surface area contributed by atoms with Crippen LogP contribution in [0.15, 0.2) is 0 Å². The zero-order valence-corrected chi connectivity index (χ0v) is 14.9. The summed E-state index contributed by atoms with van der Waals surface area (Å²) >= 11 is 0. The lowest BCUT2D eigenvalue weighted by molar-refractivity contribution is -0.152. The zero-order chi connectivity index (χ0) is 18.7. The number of nitrogens with two attached hydrogens (primary N) is 1. The quantitative estimate of drug-likeness (QED) is 0.381. The van der Waals surface area contributed by atoms with Crippen LogP contribution in [-0.2, 0) is 9.53 Å². The number of carbonyl (C=O) groups is 1. The number of rotatable bonds is 6. The minimum atomic E-state index is -1.39. The Bertz CT molecular complexity index is 371. The van der Waals surface area contributed by atoms with Crippen LogP contribution in [0, 0.1) is 0 Å². The molecule has 0 radical (unpaired) electrons. The second-order valence-corrected chi connectivity index (χ2v) is 6.64. The summed E-state index contributed by atoms with van der Waals surface area (Å²) in [5.41, 5.74) is 5.45. The van der Waals surface area contributed by atoms with Gasteiger partial charge in [-0.15, -0.1) is 0 Å². The molecule has 1 aliphatic heterocycles. The van der Waals surface area contributed by atoms with Crippen molar-refractivity contribution in [2.75, 3.05) is 32.8 Å². The predicted molar refractivity (Wildman–Crippen MR) is 92.8 cm³/mol. The van der Waals surface area contributed by atoms with Gasteiger partial charge in [-0.2, -0.15) is 0 Å². The number of unbranched alkanes of at least 4 members (excludes halogenated alkanes) is 1. The number of amides is 1. The lowest BCUT2D eigenvalue weighted by atomic mass is 10.0. The van der Waals surface area contributed by atoms with Gasteiger partial charge >= 0.3 is 0 Å². The Morgan fingerprint density at radius 1 is 1.20 bits per heavy atom. The SMILES string of the molecule is NCCCCC(=O)N1CCCCCCO[C@H]([C@H](O)CO)[C@H](O)[C@@H](O)C1. The van der Waals surface area contributed by atoms with Gasteiger partial charge in [-0.05, 0) is 32.2 Å². The number of nitrogens with zero attached hydrogens (tertiary/aromatic N) is 1. The van der Waals surface area contributed by atoms with Gasteiger partial charge in [0, 0.05) is 26.1 Å². The summed E-state index contributed by atoms with van der Waals surface area (Å²) in [6.45, 7) is 0.802. The summed E-state index contributed by atoms with van der Waals surface area (Å²) < 4.78 is 5.49. The molecule has 0 aromatic rings. The molecule has 0 saturated carbocycles. The van der Waals surface area contributed by atoms with Crippen molar-refractivity contribution in [1.29, 1.82) is 0 Å². The molecule has 1 fully saturated rings. The van der Waals surface area contributed by atoms with Crippen LogP contribution < -0.4 is 5.73 Å². The maximum Gasteiger partial charge on any atom is 0.222 e. The summed E-state index contributed by atoms with van der Waals surface area (Å²) in [5, 5.41) is 39.7. The van der Waals surface area contributed by atoms with Crippen molar-refractivity contribution in [3.63, 3.8) is 0 Å².